The summed E-state index contributed by atoms with van der Waals surface area (Å²) in [6.07, 6.45) is -8.70. The maximum absolute atomic E-state index is 12.1. The fourth-order valence-corrected chi connectivity index (χ4v) is 3.84. The molecule has 0 aliphatic carbocycles. The van der Waals surface area contributed by atoms with E-state index in [9.17, 15) is 35.4 Å². The van der Waals surface area contributed by atoms with Crippen molar-refractivity contribution in [3.8, 4) is 5.75 Å². The van der Waals surface area contributed by atoms with Crippen LogP contribution in [0.3, 0.4) is 0 Å². The van der Waals surface area contributed by atoms with Crippen LogP contribution in [-0.2, 0) is 9.47 Å². The number of aliphatic hydroxyl groups excluding tert-OH is 6. The molecule has 0 saturated carbocycles. The highest BCUT2D eigenvalue weighted by molar-refractivity contribution is 6.11. The van der Waals surface area contributed by atoms with Crippen LogP contribution in [0, 0.1) is 0 Å². The smallest absolute Gasteiger partial charge is 0.356 e. The molecule has 1 fully saturated rings. The largest absolute Gasteiger partial charge is 0.464 e. The lowest BCUT2D eigenvalue weighted by molar-refractivity contribution is -0.277. The van der Waals surface area contributed by atoms with Crippen LogP contribution >= 0.6 is 0 Å². The number of para-hydroxylation sites is 1. The van der Waals surface area contributed by atoms with Crippen LogP contribution in [0.1, 0.15) is 22.3 Å². The van der Waals surface area contributed by atoms with Crippen LogP contribution in [0.25, 0.3) is 21.8 Å². The molecular formula is C21H24N2O10. The maximum Gasteiger partial charge on any atom is 0.356 e. The minimum atomic E-state index is -1.61. The van der Waals surface area contributed by atoms with Crippen molar-refractivity contribution in [2.24, 2.45) is 0 Å². The van der Waals surface area contributed by atoms with Crippen molar-refractivity contribution < 1.29 is 49.6 Å². The Bertz CT molecular complexity index is 1160. The summed E-state index contributed by atoms with van der Waals surface area (Å²) >= 11 is 0. The number of ether oxygens (including phenoxy) is 3. The summed E-state index contributed by atoms with van der Waals surface area (Å²) in [5.74, 6) is -0.552. The number of carbonyl (C=O) groups is 1. The molecule has 1 aliphatic heterocycles. The average molecular weight is 464 g/mol. The van der Waals surface area contributed by atoms with Crippen LogP contribution in [-0.4, -0.2) is 97.6 Å². The molecule has 33 heavy (non-hydrogen) atoms. The van der Waals surface area contributed by atoms with Crippen LogP contribution in [0.5, 0.6) is 5.75 Å². The molecule has 0 unspecified atom stereocenters. The van der Waals surface area contributed by atoms with E-state index >= 15 is 0 Å². The zero-order chi connectivity index (χ0) is 23.9. The van der Waals surface area contributed by atoms with Crippen molar-refractivity contribution in [1.29, 1.82) is 0 Å². The lowest BCUT2D eigenvalue weighted by Crippen LogP contribution is -2.60. The fraction of sp³-hybridized carbons (Fsp3) is 0.429. The Balaban J connectivity index is 1.82. The number of benzene rings is 1. The summed E-state index contributed by atoms with van der Waals surface area (Å²) in [7, 11) is 1.19. The number of H-pyrrole nitrogens is 1. The monoisotopic (exact) mass is 464 g/mol. The van der Waals surface area contributed by atoms with Gasteiger partial charge in [0, 0.05) is 10.8 Å². The Labute approximate surface area is 186 Å². The first-order valence-corrected chi connectivity index (χ1v) is 10.1. The minimum Gasteiger partial charge on any atom is -0.464 e. The highest BCUT2D eigenvalue weighted by Gasteiger charge is 2.44. The molecule has 178 valence electrons. The molecule has 6 atom stereocenters. The van der Waals surface area contributed by atoms with Gasteiger partial charge in [-0.3, -0.25) is 0 Å². The average Bonchev–Trinajstić information content (AvgIpc) is 3.22. The van der Waals surface area contributed by atoms with Crippen molar-refractivity contribution >= 4 is 27.8 Å². The molecule has 1 aliphatic rings. The molecule has 0 spiro atoms. The van der Waals surface area contributed by atoms with E-state index in [-0.39, 0.29) is 17.1 Å². The van der Waals surface area contributed by atoms with Gasteiger partial charge in [-0.1, -0.05) is 12.1 Å². The molecule has 12 heteroatoms. The standard InChI is InChI=1S/C21H24N2O10/c1-31-20(30)10-5-9-8-3-2-4-12(14(8)23-15(9)16(22-10)11(26)6-24)32-21-19(29)18(28)17(27)13(7-25)33-21/h2-5,11,13,17-19,21,23-29H,6-7H2,1H3/t11-,13+,17+,18-,19+,21+/m0/s1. The first-order valence-electron chi connectivity index (χ1n) is 10.1. The summed E-state index contributed by atoms with van der Waals surface area (Å²) in [5, 5.41) is 60.4. The fourth-order valence-electron chi connectivity index (χ4n) is 3.84. The number of hydrogen-bond acceptors (Lipinski definition) is 11. The first kappa shape index (κ1) is 23.3. The lowest BCUT2D eigenvalue weighted by Gasteiger charge is -2.39. The summed E-state index contributed by atoms with van der Waals surface area (Å²) in [6.45, 7) is -1.25. The number of methoxy groups -OCH3 is 1. The van der Waals surface area contributed by atoms with Gasteiger partial charge >= 0.3 is 5.97 Å². The molecule has 4 rings (SSSR count). The summed E-state index contributed by atoms with van der Waals surface area (Å²) in [6, 6.07) is 6.36. The summed E-state index contributed by atoms with van der Waals surface area (Å²) in [4.78, 5) is 19.3. The topological polar surface area (TPSA) is 195 Å². The molecule has 0 bridgehead atoms. The van der Waals surface area contributed by atoms with Crippen molar-refractivity contribution in [1.82, 2.24) is 9.97 Å². The van der Waals surface area contributed by atoms with E-state index in [2.05, 4.69) is 9.97 Å². The van der Waals surface area contributed by atoms with E-state index in [1.807, 2.05) is 0 Å². The number of aliphatic hydroxyl groups is 6. The maximum atomic E-state index is 12.1. The third-order valence-corrected chi connectivity index (χ3v) is 5.59. The number of nitrogens with one attached hydrogen (secondary N) is 1. The van der Waals surface area contributed by atoms with Crippen LogP contribution in [0.4, 0.5) is 0 Å². The van der Waals surface area contributed by atoms with Gasteiger partial charge in [0.1, 0.15) is 42.0 Å². The third kappa shape index (κ3) is 4.02. The number of carbonyl (C=O) groups excluding carboxylic acids is 1. The van der Waals surface area contributed by atoms with Crippen molar-refractivity contribution in [3.05, 3.63) is 35.7 Å². The van der Waals surface area contributed by atoms with Gasteiger partial charge in [-0.2, -0.15) is 0 Å². The second-order valence-electron chi connectivity index (χ2n) is 7.62. The second kappa shape index (κ2) is 9.19. The molecular weight excluding hydrogens is 440 g/mol. The van der Waals surface area contributed by atoms with Crippen molar-refractivity contribution in [3.63, 3.8) is 0 Å². The molecule has 3 aromatic rings. The van der Waals surface area contributed by atoms with Gasteiger partial charge in [-0.05, 0) is 12.1 Å². The van der Waals surface area contributed by atoms with Gasteiger partial charge in [0.25, 0.3) is 0 Å². The SMILES string of the molecule is COC(=O)c1cc2c([nH]c3c(O[C@@H]4O[C@H](CO)[C@@H](O)[C@H](O)[C@H]4O)cccc32)c([C@@H](O)CO)n1. The van der Waals surface area contributed by atoms with Crippen LogP contribution < -0.4 is 4.74 Å². The van der Waals surface area contributed by atoms with Gasteiger partial charge in [0.15, 0.2) is 0 Å². The van der Waals surface area contributed by atoms with Crippen molar-refractivity contribution in [2.75, 3.05) is 20.3 Å². The molecule has 1 saturated heterocycles. The Hall–Kier alpha value is -2.84. The number of aromatic amines is 1. The van der Waals surface area contributed by atoms with E-state index in [4.69, 9.17) is 14.2 Å². The number of rotatable bonds is 6. The zero-order valence-corrected chi connectivity index (χ0v) is 17.5. The number of aromatic nitrogens is 2. The predicted octanol–water partition coefficient (Wildman–Crippen LogP) is -1.29. The number of hydrogen-bond donors (Lipinski definition) is 7. The third-order valence-electron chi connectivity index (χ3n) is 5.59. The molecule has 2 aromatic heterocycles. The summed E-state index contributed by atoms with van der Waals surface area (Å²) in [5.41, 5.74) is 0.669. The first-order chi connectivity index (χ1) is 15.8. The van der Waals surface area contributed by atoms with E-state index in [0.717, 1.165) is 0 Å². The van der Waals surface area contributed by atoms with Gasteiger partial charge in [0.05, 0.1) is 37.1 Å². The highest BCUT2D eigenvalue weighted by atomic mass is 16.7. The normalized spacial score (nSPS) is 26.5. The molecule has 12 nitrogen and oxygen atoms in total. The summed E-state index contributed by atoms with van der Waals surface area (Å²) < 4.78 is 15.9. The Morgan fingerprint density at radius 3 is 2.58 bits per heavy atom. The predicted molar refractivity (Wildman–Crippen MR) is 111 cm³/mol. The molecule has 1 aromatic carbocycles. The Kier molecular flexibility index (Phi) is 6.50. The minimum absolute atomic E-state index is 0.0189. The Morgan fingerprint density at radius 2 is 1.91 bits per heavy atom. The number of pyridine rings is 1. The molecule has 7 N–H and O–H groups in total. The molecule has 0 amide bonds. The van der Waals surface area contributed by atoms with Gasteiger partial charge in [0.2, 0.25) is 6.29 Å². The van der Waals surface area contributed by atoms with Crippen molar-refractivity contribution in [2.45, 2.75) is 36.8 Å². The van der Waals surface area contributed by atoms with E-state index in [1.165, 1.54) is 13.2 Å². The van der Waals surface area contributed by atoms with Crippen LogP contribution in [0.2, 0.25) is 0 Å². The molecule has 0 radical (unpaired) electrons. The van der Waals surface area contributed by atoms with E-state index in [1.54, 1.807) is 18.2 Å². The van der Waals surface area contributed by atoms with E-state index in [0.29, 0.717) is 21.8 Å². The zero-order valence-electron chi connectivity index (χ0n) is 17.5. The van der Waals surface area contributed by atoms with E-state index < -0.39 is 56.0 Å². The lowest BCUT2D eigenvalue weighted by atomic mass is 9.99. The quantitative estimate of drug-likeness (QED) is 0.214. The molecule has 3 heterocycles. The Morgan fingerprint density at radius 1 is 1.15 bits per heavy atom. The number of nitrogens with zero attached hydrogens (tertiary/aromatic N) is 1. The number of esters is 1. The van der Waals surface area contributed by atoms with Gasteiger partial charge in [-0.15, -0.1) is 0 Å². The number of fused-ring (bicyclic) bond motifs is 3. The highest BCUT2D eigenvalue weighted by Crippen LogP contribution is 2.36. The van der Waals surface area contributed by atoms with Gasteiger partial charge < -0.3 is 49.8 Å². The van der Waals surface area contributed by atoms with Gasteiger partial charge in [-0.25, -0.2) is 9.78 Å². The second-order valence-corrected chi connectivity index (χ2v) is 7.62. The van der Waals surface area contributed by atoms with Crippen LogP contribution in [0.15, 0.2) is 24.3 Å².